The van der Waals surface area contributed by atoms with Gasteiger partial charge in [0.1, 0.15) is 11.5 Å². The highest BCUT2D eigenvalue weighted by Gasteiger charge is 2.28. The van der Waals surface area contributed by atoms with Crippen molar-refractivity contribution in [3.8, 4) is 11.5 Å². The molecule has 0 aliphatic carbocycles. The number of fused-ring (bicyclic) bond motifs is 1. The van der Waals surface area contributed by atoms with Crippen molar-refractivity contribution in [2.75, 3.05) is 6.61 Å². The lowest BCUT2D eigenvalue weighted by Gasteiger charge is -2.32. The smallest absolute Gasteiger partial charge is 0.313 e. The second-order valence-electron chi connectivity index (χ2n) is 6.38. The van der Waals surface area contributed by atoms with Crippen LogP contribution in [0.4, 0.5) is 0 Å². The molecule has 140 valence electrons. The van der Waals surface area contributed by atoms with Crippen LogP contribution in [0.15, 0.2) is 54.7 Å². The van der Waals surface area contributed by atoms with Gasteiger partial charge in [-0.3, -0.25) is 9.59 Å². The Hall–Kier alpha value is -3.08. The minimum absolute atomic E-state index is 0.0784. The first-order valence-electron chi connectivity index (χ1n) is 9.08. The van der Waals surface area contributed by atoms with Crippen molar-refractivity contribution in [3.05, 3.63) is 65.9 Å². The minimum Gasteiger partial charge on any atom is -0.494 e. The van der Waals surface area contributed by atoms with Gasteiger partial charge in [0, 0.05) is 13.1 Å². The minimum atomic E-state index is -0.390. The van der Waals surface area contributed by atoms with Crippen LogP contribution in [0.5, 0.6) is 11.5 Å². The zero-order valence-electron chi connectivity index (χ0n) is 15.6. The van der Waals surface area contributed by atoms with Crippen LogP contribution in [-0.2, 0) is 9.59 Å². The molecule has 2 aromatic rings. The molecule has 0 N–H and O–H groups in total. The van der Waals surface area contributed by atoms with Crippen LogP contribution < -0.4 is 9.47 Å². The zero-order chi connectivity index (χ0) is 19.2. The summed E-state index contributed by atoms with van der Waals surface area (Å²) in [6.45, 7) is 4.18. The molecular weight excluding hydrogens is 342 g/mol. The van der Waals surface area contributed by atoms with Crippen LogP contribution in [-0.4, -0.2) is 23.4 Å². The number of nitrogens with zero attached hydrogens (tertiary/aromatic N) is 1. The Labute approximate surface area is 159 Å². The maximum Gasteiger partial charge on any atom is 0.313 e. The summed E-state index contributed by atoms with van der Waals surface area (Å²) in [4.78, 5) is 26.1. The first-order chi connectivity index (χ1) is 13.1. The van der Waals surface area contributed by atoms with Gasteiger partial charge in [-0.05, 0) is 47.9 Å². The molecule has 5 nitrogen and oxygen atoms in total. The van der Waals surface area contributed by atoms with Gasteiger partial charge < -0.3 is 14.4 Å². The van der Waals surface area contributed by atoms with Crippen LogP contribution in [0.3, 0.4) is 0 Å². The third-order valence-electron chi connectivity index (χ3n) is 4.36. The van der Waals surface area contributed by atoms with Gasteiger partial charge in [0.25, 0.3) is 0 Å². The maximum atomic E-state index is 12.5. The fraction of sp³-hybridized carbons (Fsp3) is 0.273. The summed E-state index contributed by atoms with van der Waals surface area (Å²) in [6.07, 6.45) is 4.62. The summed E-state index contributed by atoms with van der Waals surface area (Å²) in [5.74, 6) is 0.693. The van der Waals surface area contributed by atoms with Gasteiger partial charge in [0.15, 0.2) is 0 Å². The Morgan fingerprint density at radius 1 is 1.04 bits per heavy atom. The van der Waals surface area contributed by atoms with Crippen LogP contribution >= 0.6 is 0 Å². The van der Waals surface area contributed by atoms with Crippen molar-refractivity contribution in [1.82, 2.24) is 4.90 Å². The highest BCUT2D eigenvalue weighted by molar-refractivity contribution is 5.80. The molecule has 0 radical (unpaired) electrons. The van der Waals surface area contributed by atoms with Crippen molar-refractivity contribution in [3.63, 3.8) is 0 Å². The third-order valence-corrected chi connectivity index (χ3v) is 4.36. The van der Waals surface area contributed by atoms with E-state index in [-0.39, 0.29) is 18.4 Å². The Kier molecular flexibility index (Phi) is 5.91. The normalized spacial score (nSPS) is 15.2. The van der Waals surface area contributed by atoms with Crippen molar-refractivity contribution in [1.29, 1.82) is 0 Å². The zero-order valence-corrected chi connectivity index (χ0v) is 15.6. The summed E-state index contributed by atoms with van der Waals surface area (Å²) in [7, 11) is 0. The largest absolute Gasteiger partial charge is 0.494 e. The van der Waals surface area contributed by atoms with E-state index in [1.54, 1.807) is 35.4 Å². The van der Waals surface area contributed by atoms with Gasteiger partial charge in [0.05, 0.1) is 19.1 Å². The number of rotatable bonds is 6. The van der Waals surface area contributed by atoms with E-state index in [1.807, 2.05) is 37.3 Å². The molecule has 0 aromatic heterocycles. The molecule has 3 rings (SSSR count). The molecule has 1 aliphatic rings. The Morgan fingerprint density at radius 2 is 1.74 bits per heavy atom. The summed E-state index contributed by atoms with van der Waals surface area (Å²) >= 11 is 0. The van der Waals surface area contributed by atoms with Crippen LogP contribution in [0.25, 0.3) is 6.08 Å². The second kappa shape index (κ2) is 8.54. The molecule has 27 heavy (non-hydrogen) atoms. The van der Waals surface area contributed by atoms with Crippen LogP contribution in [0, 0.1) is 0 Å². The summed E-state index contributed by atoms with van der Waals surface area (Å²) < 4.78 is 11.0. The molecule has 1 atom stereocenters. The molecule has 5 heteroatoms. The SMILES string of the molecule is CCCOc1ccc(OC(=O)CC2c3ccccc3C=CN2C(C)=O)cc1. The average molecular weight is 365 g/mol. The monoisotopic (exact) mass is 365 g/mol. The predicted octanol–water partition coefficient (Wildman–Crippen LogP) is 4.35. The molecule has 0 spiro atoms. The van der Waals surface area contributed by atoms with E-state index in [9.17, 15) is 9.59 Å². The lowest BCUT2D eigenvalue weighted by atomic mass is 9.94. The number of ether oxygens (including phenoxy) is 2. The number of carbonyl (C=O) groups is 2. The fourth-order valence-corrected chi connectivity index (χ4v) is 3.07. The van der Waals surface area contributed by atoms with Crippen LogP contribution in [0.2, 0.25) is 0 Å². The Bertz CT molecular complexity index is 842. The van der Waals surface area contributed by atoms with E-state index in [4.69, 9.17) is 9.47 Å². The fourth-order valence-electron chi connectivity index (χ4n) is 3.07. The number of carbonyl (C=O) groups excluding carboxylic acids is 2. The molecule has 0 bridgehead atoms. The van der Waals surface area contributed by atoms with Crippen molar-refractivity contribution in [2.24, 2.45) is 0 Å². The van der Waals surface area contributed by atoms with Gasteiger partial charge in [-0.15, -0.1) is 0 Å². The van der Waals surface area contributed by atoms with Gasteiger partial charge >= 0.3 is 5.97 Å². The van der Waals surface area contributed by atoms with Gasteiger partial charge in [-0.2, -0.15) is 0 Å². The first-order valence-corrected chi connectivity index (χ1v) is 9.08. The summed E-state index contributed by atoms with van der Waals surface area (Å²) in [5, 5.41) is 0. The van der Waals surface area contributed by atoms with E-state index < -0.39 is 5.97 Å². The van der Waals surface area contributed by atoms with Gasteiger partial charge in [-0.25, -0.2) is 0 Å². The quantitative estimate of drug-likeness (QED) is 0.564. The maximum absolute atomic E-state index is 12.5. The van der Waals surface area contributed by atoms with Gasteiger partial charge in [-0.1, -0.05) is 31.2 Å². The first kappa shape index (κ1) is 18.7. The number of esters is 1. The summed E-state index contributed by atoms with van der Waals surface area (Å²) in [5.41, 5.74) is 1.95. The predicted molar refractivity (Wildman–Crippen MR) is 103 cm³/mol. The van der Waals surface area contributed by atoms with E-state index in [2.05, 4.69) is 0 Å². The van der Waals surface area contributed by atoms with Crippen LogP contribution in [0.1, 0.15) is 43.9 Å². The lowest BCUT2D eigenvalue weighted by molar-refractivity contribution is -0.137. The Morgan fingerprint density at radius 3 is 2.44 bits per heavy atom. The topological polar surface area (TPSA) is 55.8 Å². The average Bonchev–Trinajstić information content (AvgIpc) is 2.67. The number of benzene rings is 2. The van der Waals surface area contributed by atoms with E-state index >= 15 is 0 Å². The molecule has 2 aromatic carbocycles. The van der Waals surface area contributed by atoms with Crippen molar-refractivity contribution < 1.29 is 19.1 Å². The second-order valence-corrected chi connectivity index (χ2v) is 6.38. The molecule has 1 heterocycles. The van der Waals surface area contributed by atoms with E-state index in [0.717, 1.165) is 23.3 Å². The molecule has 0 fully saturated rings. The number of hydrogen-bond donors (Lipinski definition) is 0. The Balaban J connectivity index is 1.70. The van der Waals surface area contributed by atoms with E-state index in [0.29, 0.717) is 12.4 Å². The summed E-state index contributed by atoms with van der Waals surface area (Å²) in [6, 6.07) is 14.3. The molecule has 1 unspecified atom stereocenters. The molecular formula is C22H23NO4. The van der Waals surface area contributed by atoms with Gasteiger partial charge in [0.2, 0.25) is 5.91 Å². The molecule has 1 aliphatic heterocycles. The standard InChI is InChI=1S/C22H23NO4/c1-3-14-26-18-8-10-19(11-9-18)27-22(25)15-21-20-7-5-4-6-17(20)12-13-23(21)16(2)24/h4-13,21H,3,14-15H2,1-2H3. The molecule has 0 saturated heterocycles. The van der Waals surface area contributed by atoms with Crippen molar-refractivity contribution >= 4 is 18.0 Å². The van der Waals surface area contributed by atoms with Crippen molar-refractivity contribution in [2.45, 2.75) is 32.7 Å². The number of amides is 1. The number of hydrogen-bond acceptors (Lipinski definition) is 4. The molecule has 0 saturated carbocycles. The highest BCUT2D eigenvalue weighted by atomic mass is 16.5. The third kappa shape index (κ3) is 4.56. The lowest BCUT2D eigenvalue weighted by Crippen LogP contribution is -2.33. The molecule has 1 amide bonds. The van der Waals surface area contributed by atoms with E-state index in [1.165, 1.54) is 6.92 Å². The highest BCUT2D eigenvalue weighted by Crippen LogP contribution is 2.33.